The van der Waals surface area contributed by atoms with Gasteiger partial charge in [0.05, 0.1) is 18.4 Å². The number of hydrogen-bond acceptors (Lipinski definition) is 11. The summed E-state index contributed by atoms with van der Waals surface area (Å²) in [6.07, 6.45) is 1.55. The number of benzene rings is 1. The zero-order chi connectivity index (χ0) is 21.9. The Morgan fingerprint density at radius 2 is 2.09 bits per heavy atom. The van der Waals surface area contributed by atoms with Gasteiger partial charge in [-0.1, -0.05) is 58.5 Å². The number of anilines is 1. The molecule has 0 fully saturated rings. The van der Waals surface area contributed by atoms with E-state index in [9.17, 15) is 4.79 Å². The van der Waals surface area contributed by atoms with Crippen molar-refractivity contribution in [3.63, 3.8) is 0 Å². The van der Waals surface area contributed by atoms with E-state index in [0.717, 1.165) is 14.9 Å². The summed E-state index contributed by atoms with van der Waals surface area (Å²) >= 11 is 2.96. The van der Waals surface area contributed by atoms with E-state index in [4.69, 9.17) is 9.15 Å². The molecule has 5 rings (SSSR count). The van der Waals surface area contributed by atoms with Gasteiger partial charge in [0.15, 0.2) is 4.34 Å². The van der Waals surface area contributed by atoms with Gasteiger partial charge in [-0.05, 0) is 29.5 Å². The Labute approximate surface area is 190 Å². The van der Waals surface area contributed by atoms with Crippen molar-refractivity contribution in [2.45, 2.75) is 17.3 Å². The molecule has 1 N–H and O–H groups in total. The molecular weight excluding hydrogens is 450 g/mol. The Morgan fingerprint density at radius 1 is 1.22 bits per heavy atom. The number of hydrogen-bond donors (Lipinski definition) is 1. The van der Waals surface area contributed by atoms with E-state index in [-0.39, 0.29) is 6.61 Å². The summed E-state index contributed by atoms with van der Waals surface area (Å²) in [6, 6.07) is 12.8. The van der Waals surface area contributed by atoms with Crippen molar-refractivity contribution in [1.82, 2.24) is 30.4 Å². The molecule has 32 heavy (non-hydrogen) atoms. The minimum absolute atomic E-state index is 0.243. The number of rotatable bonds is 7. The van der Waals surface area contributed by atoms with Crippen molar-refractivity contribution in [2.75, 3.05) is 17.7 Å². The minimum atomic E-state index is -0.639. The highest BCUT2D eigenvalue weighted by Crippen LogP contribution is 2.38. The van der Waals surface area contributed by atoms with Gasteiger partial charge in [0.2, 0.25) is 5.95 Å². The van der Waals surface area contributed by atoms with Crippen LogP contribution in [0, 0.1) is 0 Å². The van der Waals surface area contributed by atoms with E-state index in [1.807, 2.05) is 30.3 Å². The van der Waals surface area contributed by atoms with Gasteiger partial charge in [-0.25, -0.2) is 4.79 Å². The summed E-state index contributed by atoms with van der Waals surface area (Å²) in [5.41, 5.74) is 2.03. The van der Waals surface area contributed by atoms with Crippen molar-refractivity contribution in [3.8, 4) is 10.6 Å². The van der Waals surface area contributed by atoms with E-state index >= 15 is 0 Å². The molecule has 1 aromatic carbocycles. The molecule has 10 nitrogen and oxygen atoms in total. The number of furan rings is 1. The summed E-state index contributed by atoms with van der Waals surface area (Å²) in [4.78, 5) is 13.0. The molecule has 0 saturated carbocycles. The molecular formula is C20H17N7O3S2. The van der Waals surface area contributed by atoms with E-state index in [0.29, 0.717) is 28.7 Å². The molecule has 1 aliphatic heterocycles. The van der Waals surface area contributed by atoms with E-state index in [1.54, 1.807) is 25.3 Å². The van der Waals surface area contributed by atoms with Crippen molar-refractivity contribution >= 4 is 35.0 Å². The number of tetrazole rings is 1. The topological polar surface area (TPSA) is 121 Å². The largest absolute Gasteiger partial charge is 0.467 e. The summed E-state index contributed by atoms with van der Waals surface area (Å²) in [5, 5.41) is 24.4. The maximum atomic E-state index is 13.0. The van der Waals surface area contributed by atoms with Crippen molar-refractivity contribution in [2.24, 2.45) is 0 Å². The normalized spacial score (nSPS) is 15.3. The van der Waals surface area contributed by atoms with E-state index in [2.05, 4.69) is 31.0 Å². The Kier molecular flexibility index (Phi) is 5.69. The third kappa shape index (κ3) is 3.89. The Morgan fingerprint density at radius 3 is 2.88 bits per heavy atom. The Hall–Kier alpha value is -3.51. The van der Waals surface area contributed by atoms with E-state index in [1.165, 1.54) is 27.8 Å². The summed E-state index contributed by atoms with van der Waals surface area (Å²) in [7, 11) is 0. The first-order chi connectivity index (χ1) is 15.7. The first-order valence-electron chi connectivity index (χ1n) is 9.74. The standard InChI is InChI=1S/C20H17N7O3S2/c1-2-29-18(28)15-13(11-31-20-24-22-17(32-20)12-7-4-3-5-8-12)21-19-23-25-26-27(19)16(15)14-9-6-10-30-14/h3-10,16H,2,11H2,1H3,(H,21,23,26). The predicted octanol–water partition coefficient (Wildman–Crippen LogP) is 3.41. The maximum absolute atomic E-state index is 13.0. The first-order valence-corrected chi connectivity index (χ1v) is 11.5. The smallest absolute Gasteiger partial charge is 0.338 e. The number of nitrogens with one attached hydrogen (secondary N) is 1. The van der Waals surface area contributed by atoms with Gasteiger partial charge in [-0.3, -0.25) is 0 Å². The van der Waals surface area contributed by atoms with Crippen molar-refractivity contribution in [3.05, 3.63) is 65.8 Å². The average Bonchev–Trinajstić information content (AvgIpc) is 3.59. The number of carbonyl (C=O) groups is 1. The lowest BCUT2D eigenvalue weighted by Crippen LogP contribution is -2.31. The molecule has 0 radical (unpaired) electrons. The highest BCUT2D eigenvalue weighted by molar-refractivity contribution is 8.01. The lowest BCUT2D eigenvalue weighted by Gasteiger charge is -2.26. The van der Waals surface area contributed by atoms with Gasteiger partial charge in [-0.2, -0.15) is 4.68 Å². The highest BCUT2D eigenvalue weighted by Gasteiger charge is 2.37. The van der Waals surface area contributed by atoms with Crippen LogP contribution in [0.1, 0.15) is 18.7 Å². The van der Waals surface area contributed by atoms with Gasteiger partial charge in [0.25, 0.3) is 0 Å². The number of fused-ring (bicyclic) bond motifs is 1. The van der Waals surface area contributed by atoms with Crippen LogP contribution in [0.5, 0.6) is 0 Å². The number of carbonyl (C=O) groups excluding carboxylic acids is 1. The fourth-order valence-electron chi connectivity index (χ4n) is 3.31. The van der Waals surface area contributed by atoms with Crippen LogP contribution in [-0.4, -0.2) is 48.7 Å². The zero-order valence-electron chi connectivity index (χ0n) is 16.8. The van der Waals surface area contributed by atoms with Gasteiger partial charge >= 0.3 is 5.97 Å². The molecule has 1 unspecified atom stereocenters. The number of aromatic nitrogens is 6. The van der Waals surface area contributed by atoms with Crippen molar-refractivity contribution < 1.29 is 13.9 Å². The molecule has 0 saturated heterocycles. The highest BCUT2D eigenvalue weighted by atomic mass is 32.2. The quantitative estimate of drug-likeness (QED) is 0.320. The van der Waals surface area contributed by atoms with Crippen molar-refractivity contribution in [1.29, 1.82) is 0 Å². The van der Waals surface area contributed by atoms with E-state index < -0.39 is 12.0 Å². The molecule has 0 aliphatic carbocycles. The second kappa shape index (κ2) is 8.93. The molecule has 0 amide bonds. The Balaban J connectivity index is 1.47. The fraction of sp³-hybridized carbons (Fsp3) is 0.200. The number of nitrogens with zero attached hydrogens (tertiary/aromatic N) is 6. The molecule has 4 heterocycles. The maximum Gasteiger partial charge on any atom is 0.338 e. The second-order valence-corrected chi connectivity index (χ2v) is 8.83. The third-order valence-corrected chi connectivity index (χ3v) is 6.81. The van der Waals surface area contributed by atoms with Crippen LogP contribution in [-0.2, 0) is 9.53 Å². The lowest BCUT2D eigenvalue weighted by molar-refractivity contribution is -0.139. The molecule has 0 spiro atoms. The van der Waals surface area contributed by atoms with Crippen LogP contribution >= 0.6 is 23.1 Å². The third-order valence-electron chi connectivity index (χ3n) is 4.67. The average molecular weight is 468 g/mol. The van der Waals surface area contributed by atoms with Gasteiger partial charge in [-0.15, -0.1) is 10.2 Å². The molecule has 1 atom stereocenters. The number of ether oxygens (including phenoxy) is 1. The van der Waals surface area contributed by atoms with Crippen LogP contribution in [0.15, 0.2) is 68.8 Å². The van der Waals surface area contributed by atoms with Crippen LogP contribution in [0.4, 0.5) is 5.95 Å². The number of esters is 1. The second-order valence-electron chi connectivity index (χ2n) is 6.63. The fourth-order valence-corrected chi connectivity index (χ4v) is 5.13. The monoisotopic (exact) mass is 467 g/mol. The molecule has 12 heteroatoms. The lowest BCUT2D eigenvalue weighted by atomic mass is 10.0. The number of thioether (sulfide) groups is 1. The summed E-state index contributed by atoms with van der Waals surface area (Å²) in [6.45, 7) is 2.01. The van der Waals surface area contributed by atoms with Gasteiger partial charge in [0.1, 0.15) is 16.8 Å². The SMILES string of the molecule is CCOC(=O)C1=C(CSc2nnc(-c3ccccc3)s2)Nc2nnnn2C1c1ccco1. The zero-order valence-corrected chi connectivity index (χ0v) is 18.5. The molecule has 0 bridgehead atoms. The molecule has 4 aromatic rings. The van der Waals surface area contributed by atoms with Crippen LogP contribution in [0.25, 0.3) is 10.6 Å². The molecule has 3 aromatic heterocycles. The predicted molar refractivity (Wildman–Crippen MR) is 118 cm³/mol. The van der Waals surface area contributed by atoms with Gasteiger partial charge in [0, 0.05) is 17.0 Å². The molecule has 1 aliphatic rings. The summed E-state index contributed by atoms with van der Waals surface area (Å²) in [5.74, 6) is 0.910. The summed E-state index contributed by atoms with van der Waals surface area (Å²) < 4.78 is 13.2. The first kappa shape index (κ1) is 20.4. The molecule has 162 valence electrons. The van der Waals surface area contributed by atoms with Crippen LogP contribution in [0.3, 0.4) is 0 Å². The Bertz CT molecular complexity index is 1250. The van der Waals surface area contributed by atoms with Crippen LogP contribution < -0.4 is 5.32 Å². The van der Waals surface area contributed by atoms with Gasteiger partial charge < -0.3 is 14.5 Å². The van der Waals surface area contributed by atoms with Crippen LogP contribution in [0.2, 0.25) is 0 Å². The minimum Gasteiger partial charge on any atom is -0.467 e.